The molecular formula is C23H27N3O5. The van der Waals surface area contributed by atoms with Crippen LogP contribution in [-0.2, 0) is 16.0 Å². The van der Waals surface area contributed by atoms with Gasteiger partial charge >= 0.3 is 11.8 Å². The number of phenols is 1. The minimum absolute atomic E-state index is 0.0356. The number of ether oxygens (including phenoxy) is 2. The van der Waals surface area contributed by atoms with Gasteiger partial charge in [-0.05, 0) is 61.7 Å². The summed E-state index contributed by atoms with van der Waals surface area (Å²) in [4.78, 5) is 24.0. The van der Waals surface area contributed by atoms with Gasteiger partial charge in [0.1, 0.15) is 5.75 Å². The first-order valence-electron chi connectivity index (χ1n) is 9.95. The molecule has 0 aromatic heterocycles. The van der Waals surface area contributed by atoms with Crippen molar-refractivity contribution >= 4 is 23.7 Å². The van der Waals surface area contributed by atoms with Gasteiger partial charge in [0, 0.05) is 11.3 Å². The smallest absolute Gasteiger partial charge is 0.329 e. The molecule has 8 nitrogen and oxygen atoms in total. The van der Waals surface area contributed by atoms with Gasteiger partial charge < -0.3 is 19.9 Å². The quantitative estimate of drug-likeness (QED) is 0.234. The summed E-state index contributed by atoms with van der Waals surface area (Å²) in [5, 5.41) is 16.5. The summed E-state index contributed by atoms with van der Waals surface area (Å²) in [6.45, 7) is 8.46. The van der Waals surface area contributed by atoms with Crippen molar-refractivity contribution in [2.45, 2.75) is 26.7 Å². The highest BCUT2D eigenvalue weighted by atomic mass is 16.5. The largest absolute Gasteiger partial charge is 0.504 e. The summed E-state index contributed by atoms with van der Waals surface area (Å²) < 4.78 is 10.9. The summed E-state index contributed by atoms with van der Waals surface area (Å²) >= 11 is 0. The van der Waals surface area contributed by atoms with Gasteiger partial charge in [0.05, 0.1) is 19.4 Å². The second-order valence-electron chi connectivity index (χ2n) is 6.48. The lowest BCUT2D eigenvalue weighted by molar-refractivity contribution is -0.136. The summed E-state index contributed by atoms with van der Waals surface area (Å²) in [5.74, 6) is -0.748. The third-order valence-electron chi connectivity index (χ3n) is 4.01. The number of hydrogen-bond donors (Lipinski definition) is 3. The molecule has 164 valence electrons. The number of carbonyl (C=O) groups is 2. The van der Waals surface area contributed by atoms with Crippen LogP contribution < -0.4 is 20.2 Å². The molecule has 0 aliphatic carbocycles. The van der Waals surface area contributed by atoms with Gasteiger partial charge in [-0.2, -0.15) is 5.10 Å². The maximum Gasteiger partial charge on any atom is 0.329 e. The zero-order valence-corrected chi connectivity index (χ0v) is 17.7. The predicted molar refractivity (Wildman–Crippen MR) is 120 cm³/mol. The second-order valence-corrected chi connectivity index (χ2v) is 6.48. The van der Waals surface area contributed by atoms with E-state index < -0.39 is 11.8 Å². The highest BCUT2D eigenvalue weighted by Gasteiger charge is 2.13. The molecule has 2 amide bonds. The topological polar surface area (TPSA) is 109 Å². The Morgan fingerprint density at radius 3 is 2.52 bits per heavy atom. The molecule has 2 aromatic rings. The van der Waals surface area contributed by atoms with Crippen LogP contribution in [0.1, 0.15) is 31.4 Å². The molecule has 0 aliphatic rings. The number of aromatic hydroxyl groups is 1. The Hall–Kier alpha value is -3.81. The Morgan fingerprint density at radius 1 is 1.13 bits per heavy atom. The lowest BCUT2D eigenvalue weighted by Crippen LogP contribution is -2.32. The van der Waals surface area contributed by atoms with E-state index in [1.165, 1.54) is 6.21 Å². The first kappa shape index (κ1) is 23.5. The van der Waals surface area contributed by atoms with E-state index in [1.54, 1.807) is 49.4 Å². The Kier molecular flexibility index (Phi) is 9.10. The summed E-state index contributed by atoms with van der Waals surface area (Å²) in [6.07, 6.45) is 4.34. The molecule has 0 saturated carbocycles. The number of carbonyl (C=O) groups excluding carboxylic acids is 2. The Labute approximate surface area is 181 Å². The second kappa shape index (κ2) is 12.0. The lowest BCUT2D eigenvalue weighted by Gasteiger charge is -2.10. The van der Waals surface area contributed by atoms with Crippen LogP contribution in [0.5, 0.6) is 17.2 Å². The molecule has 2 rings (SSSR count). The fraction of sp³-hybridized carbons (Fsp3) is 0.261. The number of benzene rings is 2. The Bertz CT molecular complexity index is 939. The van der Waals surface area contributed by atoms with E-state index in [0.29, 0.717) is 47.9 Å². The molecule has 0 heterocycles. The van der Waals surface area contributed by atoms with Gasteiger partial charge in [-0.3, -0.25) is 9.59 Å². The van der Waals surface area contributed by atoms with Crippen molar-refractivity contribution in [3.63, 3.8) is 0 Å². The molecule has 3 N–H and O–H groups in total. The molecule has 0 aliphatic heterocycles. The highest BCUT2D eigenvalue weighted by molar-refractivity contribution is 6.39. The third kappa shape index (κ3) is 7.18. The van der Waals surface area contributed by atoms with Gasteiger partial charge in [-0.1, -0.05) is 13.0 Å². The van der Waals surface area contributed by atoms with E-state index in [1.807, 2.05) is 6.92 Å². The molecule has 0 bridgehead atoms. The number of nitrogens with one attached hydrogen (secondary N) is 2. The van der Waals surface area contributed by atoms with Crippen molar-refractivity contribution in [2.75, 3.05) is 18.5 Å². The van der Waals surface area contributed by atoms with E-state index in [9.17, 15) is 14.7 Å². The normalized spacial score (nSPS) is 10.5. The van der Waals surface area contributed by atoms with Crippen molar-refractivity contribution in [1.82, 2.24) is 5.43 Å². The summed E-state index contributed by atoms with van der Waals surface area (Å²) in [5.41, 5.74) is 3.83. The zero-order valence-electron chi connectivity index (χ0n) is 17.7. The van der Waals surface area contributed by atoms with Crippen molar-refractivity contribution in [1.29, 1.82) is 0 Å². The van der Waals surface area contributed by atoms with Crippen LogP contribution in [0.15, 0.2) is 54.2 Å². The number of amides is 2. The van der Waals surface area contributed by atoms with E-state index >= 15 is 0 Å². The van der Waals surface area contributed by atoms with Crippen molar-refractivity contribution < 1.29 is 24.2 Å². The van der Waals surface area contributed by atoms with Crippen LogP contribution in [0.3, 0.4) is 0 Å². The molecule has 2 aromatic carbocycles. The molecule has 0 spiro atoms. The van der Waals surface area contributed by atoms with Crippen LogP contribution in [0.4, 0.5) is 5.69 Å². The summed E-state index contributed by atoms with van der Waals surface area (Å²) in [7, 11) is 0. The minimum Gasteiger partial charge on any atom is -0.504 e. The molecule has 31 heavy (non-hydrogen) atoms. The monoisotopic (exact) mass is 425 g/mol. The maximum absolute atomic E-state index is 12.0. The molecule has 0 atom stereocenters. The number of hydrazone groups is 1. The maximum atomic E-state index is 12.0. The Morgan fingerprint density at radius 2 is 1.87 bits per heavy atom. The van der Waals surface area contributed by atoms with E-state index in [2.05, 4.69) is 22.4 Å². The molecule has 0 radical (unpaired) electrons. The molecule has 0 saturated heterocycles. The average molecular weight is 425 g/mol. The lowest BCUT2D eigenvalue weighted by atomic mass is 10.1. The number of hydrogen-bond acceptors (Lipinski definition) is 6. The first-order chi connectivity index (χ1) is 15.0. The zero-order chi connectivity index (χ0) is 22.6. The SMILES string of the molecule is C=CCc1cc(/C=N/NC(=O)C(=O)Nc2ccc(OCCC)cc2)cc(OCC)c1O. The van der Waals surface area contributed by atoms with E-state index in [4.69, 9.17) is 9.47 Å². The number of nitrogens with zero attached hydrogens (tertiary/aromatic N) is 1. The molecular weight excluding hydrogens is 398 g/mol. The van der Waals surface area contributed by atoms with Crippen LogP contribution in [0.2, 0.25) is 0 Å². The fourth-order valence-corrected chi connectivity index (χ4v) is 2.60. The molecule has 0 fully saturated rings. The van der Waals surface area contributed by atoms with E-state index in [0.717, 1.165) is 6.42 Å². The van der Waals surface area contributed by atoms with Crippen molar-refractivity contribution in [2.24, 2.45) is 5.10 Å². The summed E-state index contributed by atoms with van der Waals surface area (Å²) in [6, 6.07) is 9.99. The molecule has 8 heteroatoms. The van der Waals surface area contributed by atoms with Crippen LogP contribution in [0, 0.1) is 0 Å². The fourth-order valence-electron chi connectivity index (χ4n) is 2.60. The van der Waals surface area contributed by atoms with Gasteiger partial charge in [-0.15, -0.1) is 6.58 Å². The number of allylic oxidation sites excluding steroid dienone is 1. The minimum atomic E-state index is -0.919. The number of rotatable bonds is 10. The van der Waals surface area contributed by atoms with Gasteiger partial charge in [0.2, 0.25) is 0 Å². The Balaban J connectivity index is 1.98. The van der Waals surface area contributed by atoms with Crippen molar-refractivity contribution in [3.8, 4) is 17.2 Å². The van der Waals surface area contributed by atoms with Gasteiger partial charge in [0.15, 0.2) is 11.5 Å². The molecule has 0 unspecified atom stereocenters. The number of phenolic OH excluding ortho intramolecular Hbond substituents is 1. The average Bonchev–Trinajstić information content (AvgIpc) is 2.76. The van der Waals surface area contributed by atoms with Crippen molar-refractivity contribution in [3.05, 3.63) is 60.2 Å². The van der Waals surface area contributed by atoms with Gasteiger partial charge in [-0.25, -0.2) is 5.43 Å². The van der Waals surface area contributed by atoms with Gasteiger partial charge in [0.25, 0.3) is 0 Å². The van der Waals surface area contributed by atoms with Crippen LogP contribution in [0.25, 0.3) is 0 Å². The standard InChI is InChI=1S/C23H27N3O5/c1-4-7-17-13-16(14-20(21(17)27)30-6-3)15-24-26-23(29)22(28)25-18-8-10-19(11-9-18)31-12-5-2/h4,8-11,13-15,27H,1,5-7,12H2,2-3H3,(H,25,28)(H,26,29)/b24-15+. The van der Waals surface area contributed by atoms with Crippen LogP contribution in [-0.4, -0.2) is 36.3 Å². The third-order valence-corrected chi connectivity index (χ3v) is 4.01. The highest BCUT2D eigenvalue weighted by Crippen LogP contribution is 2.31. The first-order valence-corrected chi connectivity index (χ1v) is 9.95. The van der Waals surface area contributed by atoms with Crippen LogP contribution >= 0.6 is 0 Å². The predicted octanol–water partition coefficient (Wildman–Crippen LogP) is 3.40. The van der Waals surface area contributed by atoms with E-state index in [-0.39, 0.29) is 5.75 Å². The number of anilines is 1.